The van der Waals surface area contributed by atoms with Gasteiger partial charge in [-0.2, -0.15) is 13.2 Å². The third-order valence-electron chi connectivity index (χ3n) is 3.24. The second-order valence-corrected chi connectivity index (χ2v) is 4.66. The summed E-state index contributed by atoms with van der Waals surface area (Å²) >= 11 is 0. The van der Waals surface area contributed by atoms with E-state index >= 15 is 0 Å². The predicted molar refractivity (Wildman–Crippen MR) is 54.6 cm³/mol. The molecule has 0 bridgehead atoms. The van der Waals surface area contributed by atoms with Gasteiger partial charge in [0.15, 0.2) is 0 Å². The first-order chi connectivity index (χ1) is 7.74. The molecule has 5 heteroatoms. The first-order valence-electron chi connectivity index (χ1n) is 5.15. The van der Waals surface area contributed by atoms with E-state index < -0.39 is 23.1 Å². The number of carbonyl (C=O) groups is 1. The van der Waals surface area contributed by atoms with Crippen molar-refractivity contribution in [1.82, 2.24) is 0 Å². The van der Waals surface area contributed by atoms with Gasteiger partial charge in [0.05, 0.1) is 11.0 Å². The van der Waals surface area contributed by atoms with E-state index in [0.29, 0.717) is 5.56 Å². The summed E-state index contributed by atoms with van der Waals surface area (Å²) in [6, 6.07) is 3.90. The van der Waals surface area contributed by atoms with Crippen LogP contribution in [0.1, 0.15) is 23.6 Å². The third-order valence-corrected chi connectivity index (χ3v) is 3.24. The lowest BCUT2D eigenvalue weighted by molar-refractivity contribution is -0.148. The fourth-order valence-corrected chi connectivity index (χ4v) is 2.30. The van der Waals surface area contributed by atoms with E-state index in [0.717, 1.165) is 6.07 Å². The minimum absolute atomic E-state index is 0.0622. The molecular formula is C12H11F3O2. The van der Waals surface area contributed by atoms with Crippen LogP contribution in [-0.2, 0) is 23.8 Å². The Hall–Kier alpha value is -1.52. The smallest absolute Gasteiger partial charge is 0.416 e. The molecule has 0 saturated heterocycles. The van der Waals surface area contributed by atoms with E-state index in [1.165, 1.54) is 13.0 Å². The Bertz CT molecular complexity index is 479. The molecular weight excluding hydrogens is 233 g/mol. The van der Waals surface area contributed by atoms with Crippen LogP contribution in [0.25, 0.3) is 0 Å². The van der Waals surface area contributed by atoms with Crippen molar-refractivity contribution in [3.63, 3.8) is 0 Å². The monoisotopic (exact) mass is 244 g/mol. The fourth-order valence-electron chi connectivity index (χ4n) is 2.30. The molecule has 0 spiro atoms. The average molecular weight is 244 g/mol. The molecule has 1 aliphatic rings. The average Bonchev–Trinajstić information content (AvgIpc) is 2.53. The van der Waals surface area contributed by atoms with Crippen molar-refractivity contribution in [2.75, 3.05) is 0 Å². The van der Waals surface area contributed by atoms with Gasteiger partial charge >= 0.3 is 12.1 Å². The lowest BCUT2D eigenvalue weighted by Crippen LogP contribution is -2.28. The Balaban J connectivity index is 2.49. The molecule has 1 atom stereocenters. The molecule has 1 aliphatic carbocycles. The maximum absolute atomic E-state index is 12.7. The molecule has 2 nitrogen and oxygen atoms in total. The number of benzene rings is 1. The second-order valence-electron chi connectivity index (χ2n) is 4.66. The summed E-state index contributed by atoms with van der Waals surface area (Å²) in [5.41, 5.74) is -1.21. The molecule has 0 amide bonds. The number of halogens is 3. The van der Waals surface area contributed by atoms with Gasteiger partial charge in [-0.1, -0.05) is 12.1 Å². The molecule has 0 saturated carbocycles. The molecule has 0 fully saturated rings. The van der Waals surface area contributed by atoms with Crippen molar-refractivity contribution in [3.05, 3.63) is 34.9 Å². The number of alkyl halides is 3. The normalized spacial score (nSPS) is 23.5. The fraction of sp³-hybridized carbons (Fsp3) is 0.417. The number of carboxylic acids is 1. The van der Waals surface area contributed by atoms with E-state index in [9.17, 15) is 18.0 Å². The first-order valence-corrected chi connectivity index (χ1v) is 5.15. The van der Waals surface area contributed by atoms with Gasteiger partial charge in [0.1, 0.15) is 0 Å². The summed E-state index contributed by atoms with van der Waals surface area (Å²) in [4.78, 5) is 11.1. The van der Waals surface area contributed by atoms with Crippen LogP contribution in [0.15, 0.2) is 18.2 Å². The number of rotatable bonds is 1. The van der Waals surface area contributed by atoms with Crippen molar-refractivity contribution >= 4 is 5.97 Å². The van der Waals surface area contributed by atoms with Crippen molar-refractivity contribution in [2.24, 2.45) is 5.41 Å². The number of hydrogen-bond donors (Lipinski definition) is 1. The number of fused-ring (bicyclic) bond motifs is 1. The van der Waals surface area contributed by atoms with E-state index in [4.69, 9.17) is 5.11 Å². The van der Waals surface area contributed by atoms with Gasteiger partial charge in [0.2, 0.25) is 0 Å². The summed E-state index contributed by atoms with van der Waals surface area (Å²) in [7, 11) is 0. The minimum Gasteiger partial charge on any atom is -0.481 e. The molecule has 17 heavy (non-hydrogen) atoms. The van der Waals surface area contributed by atoms with Gasteiger partial charge < -0.3 is 5.11 Å². The molecule has 2 rings (SSSR count). The highest BCUT2D eigenvalue weighted by Crippen LogP contribution is 2.43. The van der Waals surface area contributed by atoms with Crippen LogP contribution in [0.2, 0.25) is 0 Å². The molecule has 1 aromatic carbocycles. The molecule has 1 aromatic rings. The van der Waals surface area contributed by atoms with Crippen LogP contribution in [0.4, 0.5) is 13.2 Å². The lowest BCUT2D eigenvalue weighted by atomic mass is 9.87. The lowest BCUT2D eigenvalue weighted by Gasteiger charge is -2.17. The Morgan fingerprint density at radius 3 is 2.53 bits per heavy atom. The SMILES string of the molecule is CC1(C(=O)O)Cc2cccc(C(F)(F)F)c2C1. The molecule has 0 radical (unpaired) electrons. The largest absolute Gasteiger partial charge is 0.481 e. The topological polar surface area (TPSA) is 37.3 Å². The number of carboxylic acid groups (broad SMARTS) is 1. The Kier molecular flexibility index (Phi) is 2.45. The van der Waals surface area contributed by atoms with Crippen LogP contribution >= 0.6 is 0 Å². The van der Waals surface area contributed by atoms with Gasteiger partial charge in [-0.05, 0) is 37.0 Å². The van der Waals surface area contributed by atoms with Gasteiger partial charge in [0, 0.05) is 0 Å². The zero-order valence-electron chi connectivity index (χ0n) is 9.14. The second kappa shape index (κ2) is 3.48. The molecule has 1 N–H and O–H groups in total. The van der Waals surface area contributed by atoms with Crippen LogP contribution in [0.5, 0.6) is 0 Å². The van der Waals surface area contributed by atoms with Crippen LogP contribution in [0, 0.1) is 5.41 Å². The third kappa shape index (κ3) is 1.90. The van der Waals surface area contributed by atoms with E-state index in [-0.39, 0.29) is 18.4 Å². The summed E-state index contributed by atoms with van der Waals surface area (Å²) in [5, 5.41) is 9.06. The van der Waals surface area contributed by atoms with E-state index in [2.05, 4.69) is 0 Å². The first kappa shape index (κ1) is 12.0. The van der Waals surface area contributed by atoms with Crippen molar-refractivity contribution < 1.29 is 23.1 Å². The molecule has 92 valence electrons. The number of aliphatic carboxylic acids is 1. The van der Waals surface area contributed by atoms with Gasteiger partial charge in [-0.3, -0.25) is 4.79 Å². The quantitative estimate of drug-likeness (QED) is 0.824. The highest BCUT2D eigenvalue weighted by Gasteiger charge is 2.44. The maximum Gasteiger partial charge on any atom is 0.416 e. The van der Waals surface area contributed by atoms with Crippen molar-refractivity contribution in [3.8, 4) is 0 Å². The zero-order chi connectivity index (χ0) is 12.8. The minimum atomic E-state index is -4.42. The van der Waals surface area contributed by atoms with Crippen molar-refractivity contribution in [2.45, 2.75) is 25.9 Å². The zero-order valence-corrected chi connectivity index (χ0v) is 9.14. The molecule has 0 heterocycles. The van der Waals surface area contributed by atoms with Gasteiger partial charge in [-0.25, -0.2) is 0 Å². The summed E-state index contributed by atoms with van der Waals surface area (Å²) < 4.78 is 38.2. The predicted octanol–water partition coefficient (Wildman–Crippen LogP) is 2.89. The number of hydrogen-bond acceptors (Lipinski definition) is 1. The standard InChI is InChI=1S/C12H11F3O2/c1-11(10(16)17)5-7-3-2-4-9(8(7)6-11)12(13,14)15/h2-4H,5-6H2,1H3,(H,16,17). The van der Waals surface area contributed by atoms with Crippen LogP contribution in [-0.4, -0.2) is 11.1 Å². The summed E-state index contributed by atoms with van der Waals surface area (Å²) in [6.45, 7) is 1.48. The van der Waals surface area contributed by atoms with E-state index in [1.54, 1.807) is 6.07 Å². The molecule has 0 aliphatic heterocycles. The van der Waals surface area contributed by atoms with Crippen LogP contribution < -0.4 is 0 Å². The highest BCUT2D eigenvalue weighted by atomic mass is 19.4. The van der Waals surface area contributed by atoms with Gasteiger partial charge in [-0.15, -0.1) is 0 Å². The van der Waals surface area contributed by atoms with E-state index in [1.807, 2.05) is 0 Å². The maximum atomic E-state index is 12.7. The Labute approximate surface area is 96.1 Å². The Morgan fingerprint density at radius 1 is 1.35 bits per heavy atom. The molecule has 0 aromatic heterocycles. The van der Waals surface area contributed by atoms with Crippen LogP contribution in [0.3, 0.4) is 0 Å². The summed E-state index contributed by atoms with van der Waals surface area (Å²) in [6.07, 6.45) is -4.33. The molecule has 1 unspecified atom stereocenters. The highest BCUT2D eigenvalue weighted by molar-refractivity contribution is 5.76. The Morgan fingerprint density at radius 2 is 2.00 bits per heavy atom. The van der Waals surface area contributed by atoms with Crippen molar-refractivity contribution in [1.29, 1.82) is 0 Å². The summed E-state index contributed by atoms with van der Waals surface area (Å²) in [5.74, 6) is -1.05. The van der Waals surface area contributed by atoms with Gasteiger partial charge in [0.25, 0.3) is 0 Å².